The highest BCUT2D eigenvalue weighted by molar-refractivity contribution is 5.49. The van der Waals surface area contributed by atoms with E-state index in [0.29, 0.717) is 12.2 Å². The van der Waals surface area contributed by atoms with Crippen LogP contribution in [0, 0.1) is 0 Å². The van der Waals surface area contributed by atoms with Gasteiger partial charge in [0.05, 0.1) is 20.3 Å². The van der Waals surface area contributed by atoms with E-state index in [1.54, 1.807) is 14.2 Å². The van der Waals surface area contributed by atoms with Gasteiger partial charge < -0.3 is 19.9 Å². The molecule has 0 saturated heterocycles. The van der Waals surface area contributed by atoms with E-state index in [4.69, 9.17) is 9.47 Å². The lowest BCUT2D eigenvalue weighted by molar-refractivity contribution is 0.119. The van der Waals surface area contributed by atoms with Crippen LogP contribution in [-0.4, -0.2) is 38.0 Å². The molecule has 0 heterocycles. The first-order chi connectivity index (χ1) is 14.7. The molecule has 30 heavy (non-hydrogen) atoms. The van der Waals surface area contributed by atoms with Gasteiger partial charge in [0.15, 0.2) is 11.5 Å². The molecule has 1 aliphatic carbocycles. The first-order valence-corrected chi connectivity index (χ1v) is 10.4. The molecule has 3 aromatic rings. The summed E-state index contributed by atoms with van der Waals surface area (Å²) in [5, 5.41) is 14.5. The monoisotopic (exact) mass is 403 g/mol. The van der Waals surface area contributed by atoms with Gasteiger partial charge in [-0.3, -0.25) is 0 Å². The Bertz CT molecular complexity index is 919. The number of fused-ring (bicyclic) bond motifs is 1. The molecule has 2 atom stereocenters. The summed E-state index contributed by atoms with van der Waals surface area (Å²) in [5.74, 6) is 1.67. The Balaban J connectivity index is 1.53. The first-order valence-electron chi connectivity index (χ1n) is 10.4. The Kier molecular flexibility index (Phi) is 6.36. The zero-order chi connectivity index (χ0) is 20.9. The van der Waals surface area contributed by atoms with Crippen LogP contribution in [0.15, 0.2) is 72.8 Å². The van der Waals surface area contributed by atoms with Gasteiger partial charge in [-0.25, -0.2) is 0 Å². The molecule has 156 valence electrons. The van der Waals surface area contributed by atoms with E-state index in [-0.39, 0.29) is 12.0 Å². The number of hydrogen-bond donors (Lipinski definition) is 2. The first kappa shape index (κ1) is 20.5. The molecule has 3 aromatic carbocycles. The van der Waals surface area contributed by atoms with Crippen molar-refractivity contribution in [2.75, 3.05) is 20.8 Å². The summed E-state index contributed by atoms with van der Waals surface area (Å²) in [6.07, 6.45) is 0.921. The summed E-state index contributed by atoms with van der Waals surface area (Å²) in [7, 11) is 3.29. The van der Waals surface area contributed by atoms with Crippen molar-refractivity contribution in [3.63, 3.8) is 0 Å². The van der Waals surface area contributed by atoms with Crippen LogP contribution in [-0.2, 0) is 12.8 Å². The van der Waals surface area contributed by atoms with Crippen molar-refractivity contribution in [1.29, 1.82) is 0 Å². The third kappa shape index (κ3) is 4.35. The standard InChI is InChI=1S/C26H29NO3/c1-29-25-15-20-13-23(24(28)14-21(20)16-26(25)30-2)27-17-22(18-9-5-3-6-10-18)19-11-7-4-8-12-19/h3-12,15-16,22-24,27-28H,13-14,17H2,1-2H3. The predicted molar refractivity (Wildman–Crippen MR) is 119 cm³/mol. The normalized spacial score (nSPS) is 18.1. The summed E-state index contributed by atoms with van der Waals surface area (Å²) in [4.78, 5) is 0. The maximum absolute atomic E-state index is 10.8. The molecule has 4 heteroatoms. The van der Waals surface area contributed by atoms with Crippen LogP contribution < -0.4 is 14.8 Å². The fourth-order valence-corrected chi connectivity index (χ4v) is 4.36. The molecule has 0 spiro atoms. The highest BCUT2D eigenvalue weighted by atomic mass is 16.5. The van der Waals surface area contributed by atoms with Gasteiger partial charge in [-0.1, -0.05) is 60.7 Å². The van der Waals surface area contributed by atoms with Crippen LogP contribution in [0.4, 0.5) is 0 Å². The summed E-state index contributed by atoms with van der Waals surface area (Å²) in [5.41, 5.74) is 4.87. The van der Waals surface area contributed by atoms with Gasteiger partial charge in [0.25, 0.3) is 0 Å². The zero-order valence-corrected chi connectivity index (χ0v) is 17.5. The largest absolute Gasteiger partial charge is 0.493 e. The molecule has 1 aliphatic rings. The number of rotatable bonds is 7. The van der Waals surface area contributed by atoms with E-state index in [2.05, 4.69) is 53.8 Å². The van der Waals surface area contributed by atoms with Gasteiger partial charge in [0.1, 0.15) is 0 Å². The lowest BCUT2D eigenvalue weighted by Crippen LogP contribution is -2.46. The van der Waals surface area contributed by atoms with Gasteiger partial charge in [0.2, 0.25) is 0 Å². The second-order valence-corrected chi connectivity index (χ2v) is 7.84. The van der Waals surface area contributed by atoms with E-state index in [1.807, 2.05) is 24.3 Å². The molecular weight excluding hydrogens is 374 g/mol. The average molecular weight is 404 g/mol. The summed E-state index contributed by atoms with van der Waals surface area (Å²) >= 11 is 0. The molecular formula is C26H29NO3. The second kappa shape index (κ2) is 9.33. The number of ether oxygens (including phenoxy) is 2. The number of aliphatic hydroxyl groups excluding tert-OH is 1. The van der Waals surface area contributed by atoms with Crippen LogP contribution >= 0.6 is 0 Å². The van der Waals surface area contributed by atoms with Crippen molar-refractivity contribution in [2.24, 2.45) is 0 Å². The SMILES string of the molecule is COc1cc2c(cc1OC)CC(NCC(c1ccccc1)c1ccccc1)C(O)C2. The number of nitrogens with one attached hydrogen (secondary N) is 1. The minimum Gasteiger partial charge on any atom is -0.493 e. The Hall–Kier alpha value is -2.82. The molecule has 0 aliphatic heterocycles. The maximum atomic E-state index is 10.8. The molecule has 2 N–H and O–H groups in total. The minimum atomic E-state index is -0.442. The van der Waals surface area contributed by atoms with Crippen molar-refractivity contribution < 1.29 is 14.6 Å². The third-order valence-electron chi connectivity index (χ3n) is 6.03. The molecule has 0 saturated carbocycles. The van der Waals surface area contributed by atoms with Crippen LogP contribution in [0.2, 0.25) is 0 Å². The van der Waals surface area contributed by atoms with Gasteiger partial charge in [-0.05, 0) is 40.8 Å². The van der Waals surface area contributed by atoms with Gasteiger partial charge in [0, 0.05) is 24.9 Å². The van der Waals surface area contributed by atoms with E-state index in [1.165, 1.54) is 16.7 Å². The lowest BCUT2D eigenvalue weighted by Gasteiger charge is -2.32. The smallest absolute Gasteiger partial charge is 0.161 e. The van der Waals surface area contributed by atoms with E-state index in [0.717, 1.165) is 24.3 Å². The molecule has 0 fully saturated rings. The summed E-state index contributed by atoms with van der Waals surface area (Å²) < 4.78 is 10.9. The molecule has 0 aromatic heterocycles. The number of methoxy groups -OCH3 is 2. The van der Waals surface area contributed by atoms with Crippen molar-refractivity contribution in [2.45, 2.75) is 30.9 Å². The van der Waals surface area contributed by atoms with Gasteiger partial charge >= 0.3 is 0 Å². The highest BCUT2D eigenvalue weighted by Crippen LogP contribution is 2.34. The highest BCUT2D eigenvalue weighted by Gasteiger charge is 2.29. The van der Waals surface area contributed by atoms with Gasteiger partial charge in [-0.2, -0.15) is 0 Å². The minimum absolute atomic E-state index is 0.00877. The van der Waals surface area contributed by atoms with Crippen molar-refractivity contribution in [1.82, 2.24) is 5.32 Å². The Labute approximate surface area is 178 Å². The zero-order valence-electron chi connectivity index (χ0n) is 17.5. The van der Waals surface area contributed by atoms with Crippen molar-refractivity contribution in [3.8, 4) is 11.5 Å². The summed E-state index contributed by atoms with van der Waals surface area (Å²) in [6, 6.07) is 25.1. The fraction of sp³-hybridized carbons (Fsp3) is 0.308. The van der Waals surface area contributed by atoms with E-state index in [9.17, 15) is 5.11 Å². The van der Waals surface area contributed by atoms with E-state index < -0.39 is 6.10 Å². The maximum Gasteiger partial charge on any atom is 0.161 e. The Morgan fingerprint density at radius 2 is 1.33 bits per heavy atom. The predicted octanol–water partition coefficient (Wildman–Crippen LogP) is 3.95. The average Bonchev–Trinajstić information content (AvgIpc) is 2.80. The van der Waals surface area contributed by atoms with Crippen LogP contribution in [0.1, 0.15) is 28.2 Å². The third-order valence-corrected chi connectivity index (χ3v) is 6.03. The quantitative estimate of drug-likeness (QED) is 0.627. The summed E-state index contributed by atoms with van der Waals surface area (Å²) in [6.45, 7) is 0.762. The molecule has 4 nitrogen and oxygen atoms in total. The van der Waals surface area contributed by atoms with Crippen molar-refractivity contribution >= 4 is 0 Å². The van der Waals surface area contributed by atoms with Gasteiger partial charge in [-0.15, -0.1) is 0 Å². The van der Waals surface area contributed by atoms with Crippen LogP contribution in [0.3, 0.4) is 0 Å². The second-order valence-electron chi connectivity index (χ2n) is 7.84. The van der Waals surface area contributed by atoms with Crippen LogP contribution in [0.25, 0.3) is 0 Å². The molecule has 0 radical (unpaired) electrons. The van der Waals surface area contributed by atoms with E-state index >= 15 is 0 Å². The van der Waals surface area contributed by atoms with Crippen LogP contribution in [0.5, 0.6) is 11.5 Å². The molecule has 2 unspecified atom stereocenters. The molecule has 0 bridgehead atoms. The molecule has 0 amide bonds. The molecule has 4 rings (SSSR count). The number of benzene rings is 3. The topological polar surface area (TPSA) is 50.7 Å². The van der Waals surface area contributed by atoms with Crippen molar-refractivity contribution in [3.05, 3.63) is 95.1 Å². The Morgan fingerprint density at radius 1 is 0.833 bits per heavy atom. The fourth-order valence-electron chi connectivity index (χ4n) is 4.36. The Morgan fingerprint density at radius 3 is 1.83 bits per heavy atom. The lowest BCUT2D eigenvalue weighted by atomic mass is 9.85. The number of aliphatic hydroxyl groups is 1. The number of hydrogen-bond acceptors (Lipinski definition) is 4.